The second-order valence-corrected chi connectivity index (χ2v) is 5.13. The van der Waals surface area contributed by atoms with E-state index in [1.807, 2.05) is 0 Å². The van der Waals surface area contributed by atoms with Crippen molar-refractivity contribution in [1.29, 1.82) is 0 Å². The summed E-state index contributed by atoms with van der Waals surface area (Å²) < 4.78 is 43.5. The van der Waals surface area contributed by atoms with Gasteiger partial charge in [0.25, 0.3) is 0 Å². The van der Waals surface area contributed by atoms with Crippen LogP contribution in [0.2, 0.25) is 0 Å². The number of aryl methyl sites for hydroxylation is 1. The van der Waals surface area contributed by atoms with E-state index < -0.39 is 23.7 Å². The average Bonchev–Trinajstić information content (AvgIpc) is 3.11. The van der Waals surface area contributed by atoms with Gasteiger partial charge < -0.3 is 4.74 Å². The number of ether oxygens (including phenoxy) is 1. The third-order valence-electron chi connectivity index (χ3n) is 3.67. The summed E-state index contributed by atoms with van der Waals surface area (Å²) in [5.74, 6) is -0.943. The number of carbonyl (C=O) groups excluding carboxylic acids is 1. The molecule has 124 valence electrons. The number of methoxy groups -OCH3 is 1. The molecule has 1 unspecified atom stereocenters. The van der Waals surface area contributed by atoms with E-state index in [9.17, 15) is 18.0 Å². The van der Waals surface area contributed by atoms with E-state index in [1.54, 1.807) is 0 Å². The quantitative estimate of drug-likeness (QED) is 0.786. The van der Waals surface area contributed by atoms with E-state index in [2.05, 4.69) is 30.7 Å². The Bertz CT molecular complexity index is 723. The van der Waals surface area contributed by atoms with E-state index in [4.69, 9.17) is 4.74 Å². The van der Waals surface area contributed by atoms with Gasteiger partial charge in [0.1, 0.15) is 0 Å². The SMILES string of the molecule is COc1n[nH]c(NC(=O)C2CCc3[nH]nc(C(F)(F)F)c3C2)n1. The Morgan fingerprint density at radius 3 is 2.78 bits per heavy atom. The monoisotopic (exact) mass is 330 g/mol. The normalized spacial score (nSPS) is 17.7. The van der Waals surface area contributed by atoms with Crippen molar-refractivity contribution in [2.45, 2.75) is 25.4 Å². The number of hydrogen-bond acceptors (Lipinski definition) is 5. The van der Waals surface area contributed by atoms with Gasteiger partial charge in [-0.1, -0.05) is 0 Å². The van der Waals surface area contributed by atoms with E-state index in [0.717, 1.165) is 0 Å². The molecule has 0 saturated heterocycles. The molecule has 1 atom stereocenters. The summed E-state index contributed by atoms with van der Waals surface area (Å²) in [7, 11) is 1.37. The zero-order chi connectivity index (χ0) is 16.6. The number of carbonyl (C=O) groups is 1. The minimum atomic E-state index is -4.54. The molecule has 2 aromatic rings. The minimum absolute atomic E-state index is 0.0300. The molecule has 1 aliphatic rings. The molecule has 2 aromatic heterocycles. The fourth-order valence-electron chi connectivity index (χ4n) is 2.57. The van der Waals surface area contributed by atoms with Gasteiger partial charge in [-0.25, -0.2) is 5.10 Å². The van der Waals surface area contributed by atoms with Crippen LogP contribution in [0.15, 0.2) is 0 Å². The summed E-state index contributed by atoms with van der Waals surface area (Å²) in [6, 6.07) is 0.0559. The molecular formula is C12H13F3N6O2. The second-order valence-electron chi connectivity index (χ2n) is 5.13. The molecule has 0 bridgehead atoms. The fraction of sp³-hybridized carbons (Fsp3) is 0.500. The van der Waals surface area contributed by atoms with Crippen molar-refractivity contribution < 1.29 is 22.7 Å². The van der Waals surface area contributed by atoms with Gasteiger partial charge in [0.05, 0.1) is 7.11 Å². The lowest BCUT2D eigenvalue weighted by molar-refractivity contribution is -0.142. The first-order chi connectivity index (χ1) is 10.9. The van der Waals surface area contributed by atoms with Crippen molar-refractivity contribution in [2.24, 2.45) is 5.92 Å². The van der Waals surface area contributed by atoms with Gasteiger partial charge in [-0.3, -0.25) is 15.2 Å². The molecule has 1 amide bonds. The van der Waals surface area contributed by atoms with Gasteiger partial charge in [-0.15, -0.1) is 5.10 Å². The number of halogens is 3. The van der Waals surface area contributed by atoms with Crippen LogP contribution in [0.1, 0.15) is 23.4 Å². The van der Waals surface area contributed by atoms with E-state index in [0.29, 0.717) is 18.5 Å². The first-order valence-corrected chi connectivity index (χ1v) is 6.79. The fourth-order valence-corrected chi connectivity index (χ4v) is 2.57. The standard InChI is InChI=1S/C12H13F3N6O2/c1-23-11-17-10(20-21-11)16-9(22)5-2-3-7-6(4-5)8(19-18-7)12(13,14)15/h5H,2-4H2,1H3,(H,18,19)(H2,16,17,20,21,22). The zero-order valence-corrected chi connectivity index (χ0v) is 12.0. The summed E-state index contributed by atoms with van der Waals surface area (Å²) in [5, 5.41) is 14.4. The maximum atomic E-state index is 12.9. The van der Waals surface area contributed by atoms with Crippen molar-refractivity contribution in [3.8, 4) is 6.01 Å². The molecule has 3 N–H and O–H groups in total. The van der Waals surface area contributed by atoms with Crippen LogP contribution in [-0.4, -0.2) is 38.4 Å². The average molecular weight is 330 g/mol. The van der Waals surface area contributed by atoms with Crippen molar-refractivity contribution >= 4 is 11.9 Å². The molecule has 0 aromatic carbocycles. The van der Waals surface area contributed by atoms with Crippen molar-refractivity contribution in [3.63, 3.8) is 0 Å². The number of rotatable bonds is 3. The highest BCUT2D eigenvalue weighted by atomic mass is 19.4. The smallest absolute Gasteiger partial charge is 0.435 e. The molecule has 8 nitrogen and oxygen atoms in total. The number of alkyl halides is 3. The Hall–Kier alpha value is -2.59. The molecule has 23 heavy (non-hydrogen) atoms. The summed E-state index contributed by atoms with van der Waals surface area (Å²) in [6.07, 6.45) is -3.82. The highest BCUT2D eigenvalue weighted by molar-refractivity contribution is 5.91. The molecule has 0 fully saturated rings. The number of aromatic nitrogens is 5. The Morgan fingerprint density at radius 1 is 1.35 bits per heavy atom. The Kier molecular flexibility index (Phi) is 3.70. The van der Waals surface area contributed by atoms with E-state index >= 15 is 0 Å². The number of nitrogens with zero attached hydrogens (tertiary/aromatic N) is 3. The summed E-state index contributed by atoms with van der Waals surface area (Å²) in [4.78, 5) is 16.0. The van der Waals surface area contributed by atoms with Crippen LogP contribution < -0.4 is 10.1 Å². The summed E-state index contributed by atoms with van der Waals surface area (Å²) >= 11 is 0. The third-order valence-corrected chi connectivity index (χ3v) is 3.67. The van der Waals surface area contributed by atoms with Gasteiger partial charge in [0.15, 0.2) is 5.69 Å². The van der Waals surface area contributed by atoms with Gasteiger partial charge in [0.2, 0.25) is 11.9 Å². The van der Waals surface area contributed by atoms with Crippen molar-refractivity contribution in [1.82, 2.24) is 25.4 Å². The topological polar surface area (TPSA) is 109 Å². The number of hydrogen-bond donors (Lipinski definition) is 3. The van der Waals surface area contributed by atoms with Crippen molar-refractivity contribution in [3.05, 3.63) is 17.0 Å². The zero-order valence-electron chi connectivity index (χ0n) is 12.0. The molecule has 11 heteroatoms. The van der Waals surface area contributed by atoms with Crippen LogP contribution in [0.4, 0.5) is 19.1 Å². The number of amides is 1. The maximum Gasteiger partial charge on any atom is 0.435 e. The largest absolute Gasteiger partial charge is 0.466 e. The Balaban J connectivity index is 1.73. The lowest BCUT2D eigenvalue weighted by atomic mass is 9.85. The van der Waals surface area contributed by atoms with Crippen LogP contribution in [0, 0.1) is 5.92 Å². The number of aromatic amines is 2. The van der Waals surface area contributed by atoms with E-state index in [1.165, 1.54) is 7.11 Å². The molecule has 2 heterocycles. The molecule has 0 spiro atoms. The predicted molar refractivity (Wildman–Crippen MR) is 70.7 cm³/mol. The second kappa shape index (κ2) is 5.56. The van der Waals surface area contributed by atoms with E-state index in [-0.39, 0.29) is 23.9 Å². The number of H-pyrrole nitrogens is 2. The van der Waals surface area contributed by atoms with Crippen LogP contribution in [0.3, 0.4) is 0 Å². The Morgan fingerprint density at radius 2 is 2.13 bits per heavy atom. The Labute approximate surface area is 127 Å². The molecule has 1 aliphatic carbocycles. The minimum Gasteiger partial charge on any atom is -0.466 e. The van der Waals surface area contributed by atoms with Crippen LogP contribution in [0.25, 0.3) is 0 Å². The van der Waals surface area contributed by atoms with Gasteiger partial charge in [0, 0.05) is 17.2 Å². The highest BCUT2D eigenvalue weighted by Crippen LogP contribution is 2.36. The molecule has 3 rings (SSSR count). The number of fused-ring (bicyclic) bond motifs is 1. The van der Waals surface area contributed by atoms with Gasteiger partial charge in [-0.05, 0) is 19.3 Å². The lowest BCUT2D eigenvalue weighted by Gasteiger charge is -2.21. The summed E-state index contributed by atoms with van der Waals surface area (Å²) in [5.41, 5.74) is -0.465. The summed E-state index contributed by atoms with van der Waals surface area (Å²) in [6.45, 7) is 0. The maximum absolute atomic E-state index is 12.9. The first kappa shape index (κ1) is 15.3. The van der Waals surface area contributed by atoms with Crippen molar-refractivity contribution in [2.75, 3.05) is 12.4 Å². The molecule has 0 radical (unpaired) electrons. The third kappa shape index (κ3) is 2.98. The van der Waals surface area contributed by atoms with Gasteiger partial charge >= 0.3 is 12.2 Å². The number of anilines is 1. The van der Waals surface area contributed by atoms with Crippen LogP contribution in [0.5, 0.6) is 6.01 Å². The van der Waals surface area contributed by atoms with Gasteiger partial charge in [-0.2, -0.15) is 23.3 Å². The predicted octanol–water partition coefficient (Wildman–Crippen LogP) is 1.30. The lowest BCUT2D eigenvalue weighted by Crippen LogP contribution is -2.29. The highest BCUT2D eigenvalue weighted by Gasteiger charge is 2.40. The number of nitrogens with one attached hydrogen (secondary N) is 3. The molecular weight excluding hydrogens is 317 g/mol. The molecule has 0 aliphatic heterocycles. The van der Waals surface area contributed by atoms with Crippen LogP contribution in [-0.2, 0) is 23.8 Å². The molecule has 0 saturated carbocycles. The van der Waals surface area contributed by atoms with Crippen LogP contribution >= 0.6 is 0 Å². The first-order valence-electron chi connectivity index (χ1n) is 6.79.